The predicted octanol–water partition coefficient (Wildman–Crippen LogP) is 4.62. The van der Waals surface area contributed by atoms with Crippen LogP contribution in [0.2, 0.25) is 10.0 Å². The van der Waals surface area contributed by atoms with E-state index in [9.17, 15) is 10.1 Å². The molecule has 2 rings (SSSR count). The van der Waals surface area contributed by atoms with Crippen LogP contribution in [0.3, 0.4) is 0 Å². The van der Waals surface area contributed by atoms with Crippen LogP contribution >= 0.6 is 46.3 Å². The van der Waals surface area contributed by atoms with Crippen LogP contribution < -0.4 is 5.73 Å². The molecule has 106 valence electrons. The monoisotopic (exact) mass is 348 g/mol. The van der Waals surface area contributed by atoms with Crippen LogP contribution in [0, 0.1) is 10.1 Å². The molecule has 0 atom stereocenters. The van der Waals surface area contributed by atoms with Crippen LogP contribution in [-0.4, -0.2) is 11.5 Å². The summed E-state index contributed by atoms with van der Waals surface area (Å²) >= 11 is 14.6. The molecule has 0 fully saturated rings. The first kappa shape index (κ1) is 15.6. The molecule has 0 saturated heterocycles. The summed E-state index contributed by atoms with van der Waals surface area (Å²) in [6, 6.07) is 6.65. The largest absolute Gasteiger partial charge is 0.330 e. The number of rotatable bonds is 5. The summed E-state index contributed by atoms with van der Waals surface area (Å²) < 4.78 is 0.600. The first-order chi connectivity index (χ1) is 9.51. The van der Waals surface area contributed by atoms with Gasteiger partial charge in [0.25, 0.3) is 5.69 Å². The molecule has 1 heterocycles. The molecule has 0 aliphatic heterocycles. The van der Waals surface area contributed by atoms with E-state index in [1.54, 1.807) is 24.3 Å². The molecule has 0 radical (unpaired) electrons. The van der Waals surface area contributed by atoms with Gasteiger partial charge in [0, 0.05) is 20.9 Å². The van der Waals surface area contributed by atoms with E-state index in [-0.39, 0.29) is 10.6 Å². The maximum atomic E-state index is 11.1. The molecule has 8 heteroatoms. The highest BCUT2D eigenvalue weighted by Gasteiger charge is 2.20. The highest BCUT2D eigenvalue weighted by Crippen LogP contribution is 2.43. The Labute approximate surface area is 134 Å². The minimum absolute atomic E-state index is 0.0921. The lowest BCUT2D eigenvalue weighted by Gasteiger charge is -2.02. The van der Waals surface area contributed by atoms with E-state index < -0.39 is 0 Å². The normalized spacial score (nSPS) is 10.8. The van der Waals surface area contributed by atoms with E-state index >= 15 is 0 Å². The standard InChI is InChI=1S/C12H10Cl2N2O2S2/c13-7-1-2-11(9(14)5-7)20-12-10(16(17)18)6-8(19-12)3-4-15/h1-2,5-6H,3-4,15H2. The third-order valence-electron chi connectivity index (χ3n) is 2.41. The second-order valence-corrected chi connectivity index (χ2v) is 7.15. The van der Waals surface area contributed by atoms with Gasteiger partial charge in [-0.1, -0.05) is 35.0 Å². The number of nitrogens with zero attached hydrogens (tertiary/aromatic N) is 1. The van der Waals surface area contributed by atoms with Gasteiger partial charge in [-0.05, 0) is 31.2 Å². The van der Waals surface area contributed by atoms with E-state index in [4.69, 9.17) is 28.9 Å². The molecule has 2 N–H and O–H groups in total. The van der Waals surface area contributed by atoms with E-state index in [0.717, 1.165) is 9.77 Å². The topological polar surface area (TPSA) is 69.2 Å². The molecule has 1 aromatic heterocycles. The minimum atomic E-state index is -0.386. The minimum Gasteiger partial charge on any atom is -0.330 e. The van der Waals surface area contributed by atoms with Gasteiger partial charge in [0.05, 0.1) is 9.95 Å². The van der Waals surface area contributed by atoms with Crippen molar-refractivity contribution in [1.29, 1.82) is 0 Å². The first-order valence-electron chi connectivity index (χ1n) is 5.61. The molecule has 0 unspecified atom stereocenters. The lowest BCUT2D eigenvalue weighted by atomic mass is 10.3. The Morgan fingerprint density at radius 1 is 1.35 bits per heavy atom. The quantitative estimate of drug-likeness (QED) is 0.632. The zero-order valence-electron chi connectivity index (χ0n) is 10.1. The van der Waals surface area contributed by atoms with Crippen molar-refractivity contribution in [3.8, 4) is 0 Å². The van der Waals surface area contributed by atoms with E-state index in [1.807, 2.05) is 0 Å². The van der Waals surface area contributed by atoms with Gasteiger partial charge in [-0.2, -0.15) is 0 Å². The molecule has 0 amide bonds. The van der Waals surface area contributed by atoms with E-state index in [1.165, 1.54) is 23.1 Å². The van der Waals surface area contributed by atoms with Gasteiger partial charge in [-0.15, -0.1) is 11.3 Å². The Morgan fingerprint density at radius 3 is 2.70 bits per heavy atom. The average molecular weight is 349 g/mol. The third-order valence-corrected chi connectivity index (χ3v) is 5.52. The maximum Gasteiger partial charge on any atom is 0.294 e. The highest BCUT2D eigenvalue weighted by molar-refractivity contribution is 8.01. The number of halogens is 2. The zero-order valence-corrected chi connectivity index (χ0v) is 13.3. The number of nitro groups is 1. The van der Waals surface area contributed by atoms with E-state index in [2.05, 4.69) is 0 Å². The second kappa shape index (κ2) is 6.78. The van der Waals surface area contributed by atoms with Crippen LogP contribution in [0.25, 0.3) is 0 Å². The van der Waals surface area contributed by atoms with Crippen molar-refractivity contribution in [1.82, 2.24) is 0 Å². The summed E-state index contributed by atoms with van der Waals surface area (Å²) in [5.74, 6) is 0. The molecule has 1 aromatic carbocycles. The van der Waals surface area contributed by atoms with Crippen LogP contribution in [0.5, 0.6) is 0 Å². The Balaban J connectivity index is 2.34. The second-order valence-electron chi connectivity index (χ2n) is 3.86. The molecule has 20 heavy (non-hydrogen) atoms. The average Bonchev–Trinajstić information content (AvgIpc) is 2.76. The lowest BCUT2D eigenvalue weighted by molar-refractivity contribution is -0.387. The zero-order chi connectivity index (χ0) is 14.7. The summed E-state index contributed by atoms with van der Waals surface area (Å²) in [4.78, 5) is 12.3. The van der Waals surface area contributed by atoms with Gasteiger partial charge in [-0.25, -0.2) is 0 Å². The molecule has 0 aliphatic rings. The number of nitrogens with two attached hydrogens (primary N) is 1. The van der Waals surface area contributed by atoms with Crippen LogP contribution in [-0.2, 0) is 6.42 Å². The maximum absolute atomic E-state index is 11.1. The fourth-order valence-corrected chi connectivity index (χ4v) is 4.41. The van der Waals surface area contributed by atoms with Gasteiger partial charge in [-0.3, -0.25) is 10.1 Å². The number of thiophene rings is 1. The van der Waals surface area contributed by atoms with Crippen molar-refractivity contribution in [3.63, 3.8) is 0 Å². The van der Waals surface area contributed by atoms with Crippen molar-refractivity contribution in [2.24, 2.45) is 5.73 Å². The summed E-state index contributed by atoms with van der Waals surface area (Å²) in [5, 5.41) is 12.1. The van der Waals surface area contributed by atoms with Gasteiger partial charge >= 0.3 is 0 Å². The smallest absolute Gasteiger partial charge is 0.294 e. The highest BCUT2D eigenvalue weighted by atomic mass is 35.5. The van der Waals surface area contributed by atoms with Crippen molar-refractivity contribution < 1.29 is 4.92 Å². The first-order valence-corrected chi connectivity index (χ1v) is 8.00. The van der Waals surface area contributed by atoms with E-state index in [0.29, 0.717) is 27.2 Å². The Kier molecular flexibility index (Phi) is 5.29. The Bertz CT molecular complexity index is 646. The van der Waals surface area contributed by atoms with Gasteiger partial charge in [0.15, 0.2) is 0 Å². The van der Waals surface area contributed by atoms with Crippen LogP contribution in [0.4, 0.5) is 5.69 Å². The third kappa shape index (κ3) is 3.65. The van der Waals surface area contributed by atoms with Gasteiger partial charge in [0.2, 0.25) is 0 Å². The Morgan fingerprint density at radius 2 is 2.10 bits per heavy atom. The van der Waals surface area contributed by atoms with Gasteiger partial charge in [0.1, 0.15) is 4.21 Å². The summed E-state index contributed by atoms with van der Waals surface area (Å²) in [5.41, 5.74) is 5.58. The molecule has 0 aliphatic carbocycles. The van der Waals surface area contributed by atoms with Crippen LogP contribution in [0.15, 0.2) is 33.4 Å². The van der Waals surface area contributed by atoms with Crippen molar-refractivity contribution in [3.05, 3.63) is 49.3 Å². The molecule has 0 bridgehead atoms. The number of benzene rings is 1. The van der Waals surface area contributed by atoms with Crippen molar-refractivity contribution >= 4 is 52.0 Å². The predicted molar refractivity (Wildman–Crippen MR) is 84.3 cm³/mol. The molecule has 4 nitrogen and oxygen atoms in total. The molecule has 0 spiro atoms. The molecular weight excluding hydrogens is 339 g/mol. The fraction of sp³-hybridized carbons (Fsp3) is 0.167. The van der Waals surface area contributed by atoms with Crippen LogP contribution in [0.1, 0.15) is 4.88 Å². The summed E-state index contributed by atoms with van der Waals surface area (Å²) in [6.07, 6.45) is 0.625. The number of hydrogen-bond acceptors (Lipinski definition) is 5. The SMILES string of the molecule is NCCc1cc([N+](=O)[O-])c(Sc2ccc(Cl)cc2Cl)s1. The number of hydrogen-bond donors (Lipinski definition) is 1. The van der Waals surface area contributed by atoms with Crippen molar-refractivity contribution in [2.75, 3.05) is 6.54 Å². The molecular formula is C12H10Cl2N2O2S2. The lowest BCUT2D eigenvalue weighted by Crippen LogP contribution is -2.00. The summed E-state index contributed by atoms with van der Waals surface area (Å²) in [7, 11) is 0. The molecule has 2 aromatic rings. The molecule has 0 saturated carbocycles. The van der Waals surface area contributed by atoms with Gasteiger partial charge < -0.3 is 5.73 Å². The fourth-order valence-electron chi connectivity index (χ4n) is 1.54. The summed E-state index contributed by atoms with van der Waals surface area (Å²) in [6.45, 7) is 0.462. The Hall–Kier alpha value is -0.790. The van der Waals surface area contributed by atoms with Crippen molar-refractivity contribution in [2.45, 2.75) is 15.5 Å².